The van der Waals surface area contributed by atoms with Crippen molar-refractivity contribution in [1.29, 1.82) is 0 Å². The van der Waals surface area contributed by atoms with Gasteiger partial charge in [0.25, 0.3) is 0 Å². The van der Waals surface area contributed by atoms with Gasteiger partial charge in [-0.2, -0.15) is 0 Å². The SMILES string of the molecule is O=CNC1(c2ccc(Cl)cc2)N=C(c2ccccc2F)c2ccccc2NC1=S. The zero-order valence-electron chi connectivity index (χ0n) is 15.0. The molecule has 0 spiro atoms. The van der Waals surface area contributed by atoms with Gasteiger partial charge < -0.3 is 10.6 Å². The van der Waals surface area contributed by atoms with Crippen LogP contribution in [-0.2, 0) is 10.5 Å². The minimum Gasteiger partial charge on any atom is -0.346 e. The average Bonchev–Trinajstić information content (AvgIpc) is 2.84. The van der Waals surface area contributed by atoms with Gasteiger partial charge in [-0.3, -0.25) is 4.79 Å². The van der Waals surface area contributed by atoms with Crippen LogP contribution in [0, 0.1) is 5.82 Å². The summed E-state index contributed by atoms with van der Waals surface area (Å²) < 4.78 is 14.7. The number of aliphatic imine (C=N–C) groups is 1. The summed E-state index contributed by atoms with van der Waals surface area (Å²) in [6.07, 6.45) is 0.529. The highest BCUT2D eigenvalue weighted by Crippen LogP contribution is 2.34. The Bertz CT molecular complexity index is 1130. The van der Waals surface area contributed by atoms with E-state index in [1.54, 1.807) is 42.5 Å². The van der Waals surface area contributed by atoms with E-state index in [1.807, 2.05) is 24.3 Å². The summed E-state index contributed by atoms with van der Waals surface area (Å²) in [6.45, 7) is 0. The van der Waals surface area contributed by atoms with Crippen LogP contribution in [0.2, 0.25) is 5.02 Å². The zero-order valence-corrected chi connectivity index (χ0v) is 16.6. The first-order chi connectivity index (χ1) is 14.0. The summed E-state index contributed by atoms with van der Waals surface area (Å²) >= 11 is 11.7. The van der Waals surface area contributed by atoms with Gasteiger partial charge in [0.2, 0.25) is 12.1 Å². The molecule has 1 heterocycles. The number of hydrogen-bond acceptors (Lipinski definition) is 3. The summed E-state index contributed by atoms with van der Waals surface area (Å²) in [5, 5.41) is 6.44. The van der Waals surface area contributed by atoms with Crippen LogP contribution >= 0.6 is 23.8 Å². The number of nitrogens with one attached hydrogen (secondary N) is 2. The Morgan fingerprint density at radius 1 is 1.00 bits per heavy atom. The number of para-hydroxylation sites is 1. The van der Waals surface area contributed by atoms with Gasteiger partial charge >= 0.3 is 0 Å². The number of carbonyl (C=O) groups excluding carboxylic acids is 1. The summed E-state index contributed by atoms with van der Waals surface area (Å²) in [4.78, 5) is 16.7. The molecule has 1 amide bonds. The highest BCUT2D eigenvalue weighted by Gasteiger charge is 2.40. The molecule has 0 saturated carbocycles. The monoisotopic (exact) mass is 423 g/mol. The lowest BCUT2D eigenvalue weighted by Crippen LogP contribution is -2.49. The van der Waals surface area contributed by atoms with Gasteiger partial charge in [-0.1, -0.05) is 66.3 Å². The van der Waals surface area contributed by atoms with Crippen LogP contribution in [0.4, 0.5) is 10.1 Å². The molecule has 1 aliphatic rings. The number of benzodiazepines with no additional fused rings is 1. The van der Waals surface area contributed by atoms with Gasteiger partial charge in [-0.25, -0.2) is 9.38 Å². The second-order valence-electron chi connectivity index (χ2n) is 6.42. The molecule has 0 saturated heterocycles. The number of thiocarbonyl (C=S) groups is 1. The van der Waals surface area contributed by atoms with Gasteiger partial charge in [0.05, 0.1) is 5.71 Å². The number of halogens is 2. The van der Waals surface area contributed by atoms with Crippen molar-refractivity contribution in [2.75, 3.05) is 5.32 Å². The largest absolute Gasteiger partial charge is 0.346 e. The maximum absolute atomic E-state index is 14.7. The number of rotatable bonds is 4. The molecule has 0 aliphatic carbocycles. The topological polar surface area (TPSA) is 53.5 Å². The Balaban J connectivity index is 2.05. The first-order valence-corrected chi connectivity index (χ1v) is 9.57. The van der Waals surface area contributed by atoms with Crippen molar-refractivity contribution in [2.24, 2.45) is 4.99 Å². The van der Waals surface area contributed by atoms with Gasteiger partial charge in [-0.05, 0) is 30.3 Å². The molecule has 0 aromatic heterocycles. The van der Waals surface area contributed by atoms with E-state index in [0.717, 1.165) is 0 Å². The van der Waals surface area contributed by atoms with Crippen LogP contribution in [-0.4, -0.2) is 17.1 Å². The maximum Gasteiger partial charge on any atom is 0.209 e. The summed E-state index contributed by atoms with van der Waals surface area (Å²) in [7, 11) is 0. The van der Waals surface area contributed by atoms with Crippen LogP contribution in [0.5, 0.6) is 0 Å². The van der Waals surface area contributed by atoms with Crippen LogP contribution in [0.3, 0.4) is 0 Å². The molecule has 1 atom stereocenters. The predicted molar refractivity (Wildman–Crippen MR) is 117 cm³/mol. The van der Waals surface area contributed by atoms with Crippen molar-refractivity contribution in [3.63, 3.8) is 0 Å². The molecule has 4 nitrogen and oxygen atoms in total. The third-order valence-electron chi connectivity index (χ3n) is 4.70. The van der Waals surface area contributed by atoms with Crippen molar-refractivity contribution in [1.82, 2.24) is 5.32 Å². The normalized spacial score (nSPS) is 18.1. The number of hydrogen-bond donors (Lipinski definition) is 2. The van der Waals surface area contributed by atoms with Crippen LogP contribution < -0.4 is 10.6 Å². The van der Waals surface area contributed by atoms with Crippen molar-refractivity contribution in [3.05, 3.63) is 100 Å². The average molecular weight is 424 g/mol. The number of amides is 1. The fraction of sp³-hybridized carbons (Fsp3) is 0.0455. The van der Waals surface area contributed by atoms with E-state index in [-0.39, 0.29) is 4.99 Å². The first kappa shape index (κ1) is 19.2. The lowest BCUT2D eigenvalue weighted by Gasteiger charge is -2.30. The highest BCUT2D eigenvalue weighted by molar-refractivity contribution is 7.80. The van der Waals surface area contributed by atoms with Crippen molar-refractivity contribution < 1.29 is 9.18 Å². The minimum atomic E-state index is -1.43. The van der Waals surface area contributed by atoms with E-state index in [0.29, 0.717) is 39.5 Å². The minimum absolute atomic E-state index is 0.255. The van der Waals surface area contributed by atoms with Gasteiger partial charge in [0.15, 0.2) is 0 Å². The first-order valence-electron chi connectivity index (χ1n) is 8.78. The second-order valence-corrected chi connectivity index (χ2v) is 7.26. The predicted octanol–water partition coefficient (Wildman–Crippen LogP) is 4.67. The van der Waals surface area contributed by atoms with Crippen LogP contribution in [0.1, 0.15) is 16.7 Å². The Morgan fingerprint density at radius 2 is 1.66 bits per heavy atom. The number of nitrogens with zero attached hydrogens (tertiary/aromatic N) is 1. The van der Waals surface area contributed by atoms with Crippen LogP contribution in [0.25, 0.3) is 0 Å². The Morgan fingerprint density at radius 3 is 2.34 bits per heavy atom. The highest BCUT2D eigenvalue weighted by atomic mass is 35.5. The molecule has 1 unspecified atom stereocenters. The molecule has 144 valence electrons. The molecule has 1 aliphatic heterocycles. The Labute approximate surface area is 177 Å². The molecule has 0 radical (unpaired) electrons. The van der Waals surface area contributed by atoms with Crippen molar-refractivity contribution >= 4 is 46.6 Å². The molecule has 2 N–H and O–H groups in total. The quantitative estimate of drug-likeness (QED) is 0.473. The second kappa shape index (κ2) is 7.73. The van der Waals surface area contributed by atoms with Crippen molar-refractivity contribution in [2.45, 2.75) is 5.66 Å². The van der Waals surface area contributed by atoms with E-state index in [4.69, 9.17) is 28.8 Å². The number of anilines is 1. The Kier molecular flexibility index (Phi) is 5.13. The van der Waals surface area contributed by atoms with Crippen molar-refractivity contribution in [3.8, 4) is 0 Å². The van der Waals surface area contributed by atoms with E-state index in [1.165, 1.54) is 6.07 Å². The maximum atomic E-state index is 14.7. The number of fused-ring (bicyclic) bond motifs is 1. The summed E-state index contributed by atoms with van der Waals surface area (Å²) in [5.74, 6) is -0.426. The molecular formula is C22H15ClFN3OS. The molecule has 3 aromatic rings. The lowest BCUT2D eigenvalue weighted by molar-refractivity contribution is -0.110. The molecule has 7 heteroatoms. The van der Waals surface area contributed by atoms with E-state index in [9.17, 15) is 9.18 Å². The number of carbonyl (C=O) groups is 1. The molecule has 3 aromatic carbocycles. The molecular weight excluding hydrogens is 409 g/mol. The van der Waals surface area contributed by atoms with E-state index < -0.39 is 11.5 Å². The van der Waals surface area contributed by atoms with Gasteiger partial charge in [-0.15, -0.1) is 0 Å². The fourth-order valence-corrected chi connectivity index (χ4v) is 3.76. The number of benzene rings is 3. The Hall–Kier alpha value is -3.09. The van der Waals surface area contributed by atoms with E-state index in [2.05, 4.69) is 10.6 Å². The van der Waals surface area contributed by atoms with E-state index >= 15 is 0 Å². The molecule has 0 fully saturated rings. The molecule has 4 rings (SSSR count). The third-order valence-corrected chi connectivity index (χ3v) is 5.35. The lowest BCUT2D eigenvalue weighted by atomic mass is 9.97. The summed E-state index contributed by atoms with van der Waals surface area (Å²) in [6, 6.07) is 20.5. The fourth-order valence-electron chi connectivity index (χ4n) is 3.30. The molecule has 0 bridgehead atoms. The van der Waals surface area contributed by atoms with Gasteiger partial charge in [0.1, 0.15) is 10.8 Å². The summed E-state index contributed by atoms with van der Waals surface area (Å²) in [5.41, 5.74) is 1.17. The molecule has 29 heavy (non-hydrogen) atoms. The van der Waals surface area contributed by atoms with Crippen LogP contribution in [0.15, 0.2) is 77.8 Å². The third kappa shape index (κ3) is 3.41. The zero-order chi connectivity index (χ0) is 20.4. The standard InChI is InChI=1S/C22H15ClFN3OS/c23-15-11-9-14(10-12-15)22(25-13-28)21(29)26-19-8-4-2-6-17(19)20(27-22)16-5-1-3-7-18(16)24/h1-13H,(H,25,28)(H,26,29). The smallest absolute Gasteiger partial charge is 0.209 e. The van der Waals surface area contributed by atoms with Gasteiger partial charge in [0, 0.05) is 27.4 Å².